The van der Waals surface area contributed by atoms with Crippen LogP contribution in [0.2, 0.25) is 0 Å². The van der Waals surface area contributed by atoms with Crippen LogP contribution in [0, 0.1) is 6.92 Å². The molecule has 0 radical (unpaired) electrons. The zero-order valence-electron chi connectivity index (χ0n) is 12.8. The highest BCUT2D eigenvalue weighted by molar-refractivity contribution is 5.53. The van der Waals surface area contributed by atoms with Gasteiger partial charge in [0.2, 0.25) is 0 Å². The minimum Gasteiger partial charge on any atom is -0.496 e. The maximum Gasteiger partial charge on any atom is 0.131 e. The summed E-state index contributed by atoms with van der Waals surface area (Å²) in [6.07, 6.45) is 1.80. The molecule has 0 amide bonds. The van der Waals surface area contributed by atoms with Gasteiger partial charge in [0.1, 0.15) is 17.2 Å². The van der Waals surface area contributed by atoms with Crippen LogP contribution in [0.15, 0.2) is 30.5 Å². The third kappa shape index (κ3) is 3.56. The molecule has 2 rings (SSSR count). The number of benzene rings is 1. The predicted octanol–water partition coefficient (Wildman–Crippen LogP) is 3.03. The third-order valence-electron chi connectivity index (χ3n) is 3.20. The topological polar surface area (TPSA) is 52.6 Å². The van der Waals surface area contributed by atoms with E-state index in [-0.39, 0.29) is 0 Å². The van der Waals surface area contributed by atoms with E-state index in [1.165, 1.54) is 0 Å². The molecule has 1 heterocycles. The van der Waals surface area contributed by atoms with E-state index >= 15 is 0 Å². The molecule has 2 aromatic rings. The quantitative estimate of drug-likeness (QED) is 0.885. The van der Waals surface area contributed by atoms with Crippen molar-refractivity contribution in [3.63, 3.8) is 0 Å². The molecule has 1 aromatic heterocycles. The largest absolute Gasteiger partial charge is 0.496 e. The zero-order chi connectivity index (χ0) is 15.2. The molecule has 0 saturated carbocycles. The number of hydrogen-bond donors (Lipinski definition) is 1. The smallest absolute Gasteiger partial charge is 0.131 e. The molecule has 0 aliphatic rings. The molecule has 0 saturated heterocycles. The Kier molecular flexibility index (Phi) is 4.87. The second-order valence-electron chi connectivity index (χ2n) is 4.55. The fourth-order valence-electron chi connectivity index (χ4n) is 2.01. The number of aryl methyl sites for hydroxylation is 1. The Balaban J connectivity index is 2.23. The highest BCUT2D eigenvalue weighted by atomic mass is 16.5. The van der Waals surface area contributed by atoms with Crippen molar-refractivity contribution in [3.8, 4) is 17.2 Å². The second kappa shape index (κ2) is 6.83. The maximum absolute atomic E-state index is 5.42. The summed E-state index contributed by atoms with van der Waals surface area (Å²) in [5.41, 5.74) is 2.86. The van der Waals surface area contributed by atoms with Gasteiger partial charge in [-0.15, -0.1) is 0 Å². The fraction of sp³-hybridized carbons (Fsp3) is 0.312. The molecular weight excluding hydrogens is 268 g/mol. The van der Waals surface area contributed by atoms with E-state index < -0.39 is 0 Å². The van der Waals surface area contributed by atoms with E-state index in [9.17, 15) is 0 Å². The Bertz CT molecular complexity index is 572. The van der Waals surface area contributed by atoms with Gasteiger partial charge in [-0.05, 0) is 19.1 Å². The number of methoxy groups -OCH3 is 3. The Morgan fingerprint density at radius 1 is 1.00 bits per heavy atom. The van der Waals surface area contributed by atoms with E-state index in [0.29, 0.717) is 12.3 Å². The molecular formula is C16H20N2O3. The molecule has 1 aromatic carbocycles. The predicted molar refractivity (Wildman–Crippen MR) is 82.4 cm³/mol. The molecule has 1 N–H and O–H groups in total. The van der Waals surface area contributed by atoms with Gasteiger partial charge in [-0.25, -0.2) is 0 Å². The van der Waals surface area contributed by atoms with Crippen LogP contribution in [0.25, 0.3) is 0 Å². The first-order valence-corrected chi connectivity index (χ1v) is 6.63. The number of nitrogens with zero attached hydrogens (tertiary/aromatic N) is 1. The van der Waals surface area contributed by atoms with Crippen molar-refractivity contribution in [3.05, 3.63) is 41.7 Å². The van der Waals surface area contributed by atoms with Gasteiger partial charge in [-0.1, -0.05) is 0 Å². The summed E-state index contributed by atoms with van der Waals surface area (Å²) >= 11 is 0. The van der Waals surface area contributed by atoms with Crippen LogP contribution in [0.5, 0.6) is 17.2 Å². The lowest BCUT2D eigenvalue weighted by atomic mass is 10.1. The normalized spacial score (nSPS) is 10.1. The number of anilines is 1. The van der Waals surface area contributed by atoms with Gasteiger partial charge < -0.3 is 19.5 Å². The summed E-state index contributed by atoms with van der Waals surface area (Å²) in [7, 11) is 4.88. The van der Waals surface area contributed by atoms with Gasteiger partial charge >= 0.3 is 0 Å². The van der Waals surface area contributed by atoms with Crippen LogP contribution in [0.4, 0.5) is 5.69 Å². The minimum atomic E-state index is 0.571. The summed E-state index contributed by atoms with van der Waals surface area (Å²) in [6, 6.07) is 7.63. The lowest BCUT2D eigenvalue weighted by Crippen LogP contribution is -2.05. The monoisotopic (exact) mass is 288 g/mol. The summed E-state index contributed by atoms with van der Waals surface area (Å²) < 4.78 is 16.1. The van der Waals surface area contributed by atoms with Crippen LogP contribution in [-0.4, -0.2) is 26.3 Å². The molecule has 5 heteroatoms. The van der Waals surface area contributed by atoms with E-state index in [4.69, 9.17) is 14.2 Å². The first-order valence-electron chi connectivity index (χ1n) is 6.63. The van der Waals surface area contributed by atoms with Crippen molar-refractivity contribution in [1.29, 1.82) is 0 Å². The van der Waals surface area contributed by atoms with Crippen LogP contribution in [0.3, 0.4) is 0 Å². The van der Waals surface area contributed by atoms with Crippen LogP contribution < -0.4 is 19.5 Å². The lowest BCUT2D eigenvalue weighted by molar-refractivity contribution is 0.369. The molecule has 5 nitrogen and oxygen atoms in total. The van der Waals surface area contributed by atoms with Crippen LogP contribution in [0.1, 0.15) is 11.3 Å². The highest BCUT2D eigenvalue weighted by Crippen LogP contribution is 2.34. The van der Waals surface area contributed by atoms with Crippen molar-refractivity contribution in [2.75, 3.05) is 26.6 Å². The van der Waals surface area contributed by atoms with Gasteiger partial charge in [-0.2, -0.15) is 0 Å². The number of ether oxygens (including phenoxy) is 3. The second-order valence-corrected chi connectivity index (χ2v) is 4.55. The first-order chi connectivity index (χ1) is 10.2. The van der Waals surface area contributed by atoms with Gasteiger partial charge in [-0.3, -0.25) is 4.98 Å². The first kappa shape index (κ1) is 15.0. The standard InChI is InChI=1S/C16H20N2O3/c1-11-5-6-12(9-17-11)18-10-14-15(20-3)7-13(19-2)8-16(14)21-4/h5-9,18H,10H2,1-4H3. The summed E-state index contributed by atoms with van der Waals surface area (Å²) in [6.45, 7) is 2.53. The summed E-state index contributed by atoms with van der Waals surface area (Å²) in [5.74, 6) is 2.14. The summed E-state index contributed by atoms with van der Waals surface area (Å²) in [4.78, 5) is 4.26. The molecule has 0 fully saturated rings. The molecule has 0 unspecified atom stereocenters. The number of pyridine rings is 1. The molecule has 0 spiro atoms. The molecule has 0 bridgehead atoms. The molecule has 112 valence electrons. The maximum atomic E-state index is 5.42. The molecule has 0 atom stereocenters. The van der Waals surface area contributed by atoms with Crippen molar-refractivity contribution in [1.82, 2.24) is 4.98 Å². The Hall–Kier alpha value is -2.43. The zero-order valence-corrected chi connectivity index (χ0v) is 12.8. The Labute approximate surface area is 124 Å². The van der Waals surface area contributed by atoms with Gasteiger partial charge in [0.15, 0.2) is 0 Å². The van der Waals surface area contributed by atoms with E-state index in [2.05, 4.69) is 10.3 Å². The van der Waals surface area contributed by atoms with Crippen molar-refractivity contribution < 1.29 is 14.2 Å². The van der Waals surface area contributed by atoms with Crippen molar-refractivity contribution in [2.24, 2.45) is 0 Å². The van der Waals surface area contributed by atoms with Gasteiger partial charge in [0, 0.05) is 24.4 Å². The number of aromatic nitrogens is 1. The average molecular weight is 288 g/mol. The molecule has 0 aliphatic carbocycles. The number of hydrogen-bond acceptors (Lipinski definition) is 5. The fourth-order valence-corrected chi connectivity index (χ4v) is 2.01. The Morgan fingerprint density at radius 2 is 1.67 bits per heavy atom. The van der Waals surface area contributed by atoms with Crippen molar-refractivity contribution >= 4 is 5.69 Å². The van der Waals surface area contributed by atoms with Crippen LogP contribution >= 0.6 is 0 Å². The van der Waals surface area contributed by atoms with Gasteiger partial charge in [0.05, 0.1) is 38.8 Å². The SMILES string of the molecule is COc1cc(OC)c(CNc2ccc(C)nc2)c(OC)c1. The van der Waals surface area contributed by atoms with Crippen LogP contribution in [-0.2, 0) is 6.54 Å². The summed E-state index contributed by atoms with van der Waals surface area (Å²) in [5, 5.41) is 3.31. The minimum absolute atomic E-state index is 0.571. The third-order valence-corrected chi connectivity index (χ3v) is 3.20. The molecule has 0 aliphatic heterocycles. The van der Waals surface area contributed by atoms with Crippen molar-refractivity contribution in [2.45, 2.75) is 13.5 Å². The van der Waals surface area contributed by atoms with Gasteiger partial charge in [0.25, 0.3) is 0 Å². The molecule has 21 heavy (non-hydrogen) atoms. The number of nitrogens with one attached hydrogen (secondary N) is 1. The lowest BCUT2D eigenvalue weighted by Gasteiger charge is -2.16. The van der Waals surface area contributed by atoms with E-state index in [1.807, 2.05) is 31.2 Å². The average Bonchev–Trinajstić information content (AvgIpc) is 2.53. The highest BCUT2D eigenvalue weighted by Gasteiger charge is 2.13. The van der Waals surface area contributed by atoms with E-state index in [0.717, 1.165) is 28.4 Å². The Morgan fingerprint density at radius 3 is 2.14 bits per heavy atom. The number of rotatable bonds is 6. The van der Waals surface area contributed by atoms with E-state index in [1.54, 1.807) is 27.5 Å².